The molecule has 12 nitrogen and oxygen atoms in total. The van der Waals surface area contributed by atoms with Gasteiger partial charge in [-0.25, -0.2) is 4.79 Å². The Bertz CT molecular complexity index is 2600. The molecule has 1 aromatic heterocycles. The lowest BCUT2D eigenvalue weighted by atomic mass is 9.91. The van der Waals surface area contributed by atoms with Crippen molar-refractivity contribution >= 4 is 46.6 Å². The summed E-state index contributed by atoms with van der Waals surface area (Å²) in [5.74, 6) is -0.548. The average Bonchev–Trinajstić information content (AvgIpc) is 3.61. The number of benzene rings is 4. The predicted octanol–water partition coefficient (Wildman–Crippen LogP) is 8.33. The highest BCUT2D eigenvalue weighted by Crippen LogP contribution is 2.41. The molecule has 0 fully saturated rings. The van der Waals surface area contributed by atoms with Gasteiger partial charge in [0, 0.05) is 32.1 Å². The van der Waals surface area contributed by atoms with Gasteiger partial charge in [-0.3, -0.25) is 14.3 Å². The SMILES string of the molecule is C=C/C=C(\C(C)=C(\C)N)c1ccc(C[C@H](NC(=O)C2Cc3cc4c(cc3CN2C(=O)c2cc(C)nn2C)O[C@@H](c2ccc(OCc3ccc(Cl)c(Cl)c3)cc2)CO4)C(=O)O)cc1. The molecule has 1 unspecified atom stereocenters. The Labute approximate surface area is 370 Å². The molecular weight excluding hydrogens is 829 g/mol. The minimum absolute atomic E-state index is 0.0130. The zero-order chi connectivity index (χ0) is 44.2. The van der Waals surface area contributed by atoms with Crippen LogP contribution in [-0.4, -0.2) is 56.3 Å². The van der Waals surface area contributed by atoms with Crippen molar-refractivity contribution in [2.45, 2.75) is 65.0 Å². The summed E-state index contributed by atoms with van der Waals surface area (Å²) in [7, 11) is 1.67. The normalized spacial score (nSPS) is 16.7. The quantitative estimate of drug-likeness (QED) is 0.0990. The largest absolute Gasteiger partial charge is 0.489 e. The highest BCUT2D eigenvalue weighted by molar-refractivity contribution is 6.42. The predicted molar refractivity (Wildman–Crippen MR) is 238 cm³/mol. The minimum atomic E-state index is -1.28. The van der Waals surface area contributed by atoms with E-state index in [1.165, 1.54) is 9.58 Å². The Morgan fingerprint density at radius 1 is 0.984 bits per heavy atom. The summed E-state index contributed by atoms with van der Waals surface area (Å²) in [6, 6.07) is 23.4. The molecule has 0 spiro atoms. The number of aliphatic carboxylic acids is 1. The molecule has 3 heterocycles. The fraction of sp³-hybridized carbons (Fsp3) is 0.250. The summed E-state index contributed by atoms with van der Waals surface area (Å²) in [6.45, 7) is 9.95. The van der Waals surface area contributed by atoms with Crippen molar-refractivity contribution in [3.8, 4) is 17.2 Å². The lowest BCUT2D eigenvalue weighted by Crippen LogP contribution is -2.56. The van der Waals surface area contributed by atoms with Gasteiger partial charge in [-0.15, -0.1) is 0 Å². The van der Waals surface area contributed by atoms with Gasteiger partial charge in [0.1, 0.15) is 36.7 Å². The van der Waals surface area contributed by atoms with Crippen molar-refractivity contribution in [1.29, 1.82) is 0 Å². The van der Waals surface area contributed by atoms with E-state index in [2.05, 4.69) is 17.0 Å². The molecule has 320 valence electrons. The molecule has 0 saturated carbocycles. The lowest BCUT2D eigenvalue weighted by molar-refractivity contribution is -0.142. The van der Waals surface area contributed by atoms with Crippen LogP contribution in [-0.2, 0) is 42.6 Å². The van der Waals surface area contributed by atoms with Crippen molar-refractivity contribution in [2.24, 2.45) is 12.8 Å². The van der Waals surface area contributed by atoms with Gasteiger partial charge in [-0.05, 0) is 108 Å². The van der Waals surface area contributed by atoms with Crippen LogP contribution in [0.4, 0.5) is 0 Å². The molecule has 4 N–H and O–H groups in total. The number of allylic oxidation sites excluding steroid dienone is 5. The van der Waals surface area contributed by atoms with Crippen LogP contribution >= 0.6 is 23.2 Å². The van der Waals surface area contributed by atoms with Crippen LogP contribution in [0.2, 0.25) is 10.0 Å². The van der Waals surface area contributed by atoms with Gasteiger partial charge in [0.2, 0.25) is 5.91 Å². The number of carboxylic acids is 1. The number of rotatable bonds is 13. The number of aromatic nitrogens is 2. The minimum Gasteiger partial charge on any atom is -0.489 e. The van der Waals surface area contributed by atoms with Crippen LogP contribution in [0.5, 0.6) is 17.2 Å². The molecule has 0 aliphatic carbocycles. The summed E-state index contributed by atoms with van der Waals surface area (Å²) in [6.07, 6.45) is 3.26. The van der Waals surface area contributed by atoms with E-state index in [1.54, 1.807) is 38.2 Å². The third-order valence-corrected chi connectivity index (χ3v) is 11.8. The molecular formula is C48H47Cl2N5O7. The van der Waals surface area contributed by atoms with E-state index in [0.717, 1.165) is 39.0 Å². The summed E-state index contributed by atoms with van der Waals surface area (Å²) in [4.78, 5) is 42.6. The number of amides is 2. The number of nitrogens with two attached hydrogens (primary N) is 1. The van der Waals surface area contributed by atoms with Crippen molar-refractivity contribution in [1.82, 2.24) is 20.0 Å². The first kappa shape index (κ1) is 43.6. The summed E-state index contributed by atoms with van der Waals surface area (Å²) >= 11 is 12.2. The molecule has 2 aliphatic rings. The number of carbonyl (C=O) groups excluding carboxylic acids is 2. The number of fused-ring (bicyclic) bond motifs is 2. The number of carbonyl (C=O) groups is 3. The van der Waals surface area contributed by atoms with E-state index >= 15 is 0 Å². The van der Waals surface area contributed by atoms with Gasteiger partial charge >= 0.3 is 5.97 Å². The Morgan fingerprint density at radius 3 is 2.34 bits per heavy atom. The van der Waals surface area contributed by atoms with E-state index in [0.29, 0.717) is 56.5 Å². The third-order valence-electron chi connectivity index (χ3n) is 11.1. The molecule has 2 amide bonds. The number of carboxylic acid groups (broad SMARTS) is 1. The Balaban J connectivity index is 1.09. The highest BCUT2D eigenvalue weighted by atomic mass is 35.5. The van der Waals surface area contributed by atoms with E-state index in [1.807, 2.05) is 86.7 Å². The van der Waals surface area contributed by atoms with Gasteiger partial charge in [0.25, 0.3) is 5.91 Å². The zero-order valence-electron chi connectivity index (χ0n) is 34.8. The summed E-state index contributed by atoms with van der Waals surface area (Å²) in [5, 5.41) is 18.4. The molecule has 5 aromatic rings. The van der Waals surface area contributed by atoms with E-state index in [-0.39, 0.29) is 26.0 Å². The Morgan fingerprint density at radius 2 is 1.69 bits per heavy atom. The smallest absolute Gasteiger partial charge is 0.326 e. The molecule has 3 atom stereocenters. The van der Waals surface area contributed by atoms with Crippen molar-refractivity contribution in [2.75, 3.05) is 6.61 Å². The molecule has 0 radical (unpaired) electrons. The van der Waals surface area contributed by atoms with Crippen molar-refractivity contribution < 1.29 is 33.7 Å². The summed E-state index contributed by atoms with van der Waals surface area (Å²) in [5.41, 5.74) is 14.4. The van der Waals surface area contributed by atoms with Crippen molar-refractivity contribution in [3.05, 3.63) is 170 Å². The fourth-order valence-corrected chi connectivity index (χ4v) is 7.91. The number of nitrogens with one attached hydrogen (secondary N) is 1. The van der Waals surface area contributed by atoms with Gasteiger partial charge in [0.15, 0.2) is 17.6 Å². The second kappa shape index (κ2) is 18.6. The molecule has 0 bridgehead atoms. The van der Waals surface area contributed by atoms with Crippen LogP contribution in [0.15, 0.2) is 115 Å². The molecule has 14 heteroatoms. The average molecular weight is 877 g/mol. The monoisotopic (exact) mass is 875 g/mol. The number of ether oxygens (including phenoxy) is 3. The molecule has 7 rings (SSSR count). The van der Waals surface area contributed by atoms with Crippen LogP contribution in [0.25, 0.3) is 5.57 Å². The zero-order valence-corrected chi connectivity index (χ0v) is 36.3. The number of hydrogen-bond donors (Lipinski definition) is 3. The molecule has 2 aliphatic heterocycles. The topological polar surface area (TPSA) is 158 Å². The van der Waals surface area contributed by atoms with Crippen LogP contribution in [0.1, 0.15) is 69.5 Å². The number of hydrogen-bond acceptors (Lipinski definition) is 8. The second-order valence-corrected chi connectivity index (χ2v) is 16.3. The highest BCUT2D eigenvalue weighted by Gasteiger charge is 2.39. The first-order chi connectivity index (χ1) is 29.7. The maximum Gasteiger partial charge on any atom is 0.326 e. The van der Waals surface area contributed by atoms with Crippen LogP contribution < -0.4 is 25.3 Å². The van der Waals surface area contributed by atoms with E-state index < -0.39 is 36.0 Å². The summed E-state index contributed by atoms with van der Waals surface area (Å²) < 4.78 is 20.1. The van der Waals surface area contributed by atoms with Crippen molar-refractivity contribution in [3.63, 3.8) is 0 Å². The third kappa shape index (κ3) is 9.67. The van der Waals surface area contributed by atoms with E-state index in [9.17, 15) is 19.5 Å². The van der Waals surface area contributed by atoms with Crippen LogP contribution in [0.3, 0.4) is 0 Å². The van der Waals surface area contributed by atoms with Gasteiger partial charge in [-0.2, -0.15) is 5.10 Å². The number of halogens is 2. The van der Waals surface area contributed by atoms with Gasteiger partial charge in [0.05, 0.1) is 15.7 Å². The Kier molecular flexibility index (Phi) is 13.1. The second-order valence-electron chi connectivity index (χ2n) is 15.5. The van der Waals surface area contributed by atoms with Gasteiger partial charge < -0.3 is 35.3 Å². The van der Waals surface area contributed by atoms with E-state index in [4.69, 9.17) is 43.1 Å². The first-order valence-electron chi connectivity index (χ1n) is 20.0. The molecule has 4 aromatic carbocycles. The first-order valence-corrected chi connectivity index (χ1v) is 20.8. The maximum absolute atomic E-state index is 14.3. The Hall–Kier alpha value is -6.50. The van der Waals surface area contributed by atoms with Gasteiger partial charge in [-0.1, -0.05) is 84.4 Å². The fourth-order valence-electron chi connectivity index (χ4n) is 7.59. The maximum atomic E-state index is 14.3. The number of nitrogens with zero attached hydrogens (tertiary/aromatic N) is 3. The number of aryl methyl sites for hydroxylation is 2. The molecule has 0 saturated heterocycles. The lowest BCUT2D eigenvalue weighted by Gasteiger charge is -2.37. The van der Waals surface area contributed by atoms with Crippen LogP contribution in [0, 0.1) is 6.92 Å². The molecule has 62 heavy (non-hydrogen) atoms. The standard InChI is InChI=1S/C48H47Cl2N5O7/c1-6-7-37(28(3)29(4)51)32-11-8-30(9-12-32)20-40(48(58)59)52-46(56)41-21-34-22-43-44(23-35(34)24-55(41)47(57)42-18-27(2)53-54(42)5)62-45(26-61-43)33-13-15-36(16-14-33)60-25-31-10-17-38(49)39(50)19-31/h6-19,22-23,40-41,45H,1,20-21,24-26,51H2,2-5H3,(H,52,56)(H,58,59)/b29-28-,37-7+/t40-,41?,45+/m0/s1.